The molecule has 0 unspecified atom stereocenters. The number of aromatic nitrogens is 1. The van der Waals surface area contributed by atoms with Crippen LogP contribution in [0.1, 0.15) is 67.3 Å². The molecule has 0 aliphatic heterocycles. The van der Waals surface area contributed by atoms with E-state index in [0.29, 0.717) is 18.7 Å². The number of nitrogens with zero attached hydrogens (tertiary/aromatic N) is 1. The summed E-state index contributed by atoms with van der Waals surface area (Å²) in [5.74, 6) is -0.760. The lowest BCUT2D eigenvalue weighted by Crippen LogP contribution is -2.19. The third kappa shape index (κ3) is 6.03. The number of hydrogen-bond donors (Lipinski definition) is 1. The Kier molecular flexibility index (Phi) is 7.77. The second-order valence-electron chi connectivity index (χ2n) is 9.77. The normalized spacial score (nSPS) is 11.6. The van der Waals surface area contributed by atoms with Gasteiger partial charge in [-0.15, -0.1) is 0 Å². The lowest BCUT2D eigenvalue weighted by atomic mass is 9.84. The van der Waals surface area contributed by atoms with Gasteiger partial charge in [0.1, 0.15) is 0 Å². The van der Waals surface area contributed by atoms with E-state index in [0.717, 1.165) is 45.6 Å². The molecule has 2 aromatic heterocycles. The second-order valence-corrected chi connectivity index (χ2v) is 9.77. The maximum absolute atomic E-state index is 12.9. The Hall–Kier alpha value is -3.19. The molecule has 34 heavy (non-hydrogen) atoms. The van der Waals surface area contributed by atoms with Gasteiger partial charge in [0.2, 0.25) is 0 Å². The molecule has 1 aromatic carbocycles. The van der Waals surface area contributed by atoms with Gasteiger partial charge in [-0.25, -0.2) is 4.79 Å². The maximum Gasteiger partial charge on any atom is 0.519 e. The highest BCUT2D eigenvalue weighted by atomic mass is 16.6. The number of rotatable bonds is 8. The first-order valence-electron chi connectivity index (χ1n) is 11.6. The number of carbonyl (C=O) groups excluding carboxylic acids is 1. The largest absolute Gasteiger partial charge is 0.519 e. The molecule has 2 heterocycles. The van der Waals surface area contributed by atoms with Gasteiger partial charge in [0.25, 0.3) is 0 Å². The van der Waals surface area contributed by atoms with Crippen LogP contribution in [0.25, 0.3) is 11.1 Å². The Bertz CT molecular complexity index is 1210. The third-order valence-corrected chi connectivity index (χ3v) is 5.67. The molecular formula is C27H34N2O5. The minimum Gasteiger partial charge on any atom is -0.457 e. The van der Waals surface area contributed by atoms with E-state index >= 15 is 0 Å². The Balaban J connectivity index is 2.06. The Morgan fingerprint density at radius 2 is 1.74 bits per heavy atom. The molecule has 2 N–H and O–H groups in total. The highest BCUT2D eigenvalue weighted by Crippen LogP contribution is 2.35. The van der Waals surface area contributed by atoms with Crippen LogP contribution in [0.3, 0.4) is 0 Å². The van der Waals surface area contributed by atoms with Crippen molar-refractivity contribution in [1.82, 2.24) is 4.98 Å². The standard InChI is InChI=1S/C27H34N2O5/c1-7-21-19(12-24(30)32-15-23-17(3)33-26(31)34-23)25(18-10-8-16(2)9-11-18)20(14-28)22(29-21)13-27(4,5)6/h8-11H,7,12-15,28H2,1-6H3. The second kappa shape index (κ2) is 10.4. The van der Waals surface area contributed by atoms with Crippen LogP contribution in [0.15, 0.2) is 37.9 Å². The van der Waals surface area contributed by atoms with E-state index in [9.17, 15) is 9.59 Å². The zero-order valence-corrected chi connectivity index (χ0v) is 20.9. The van der Waals surface area contributed by atoms with E-state index in [4.69, 9.17) is 24.3 Å². The number of pyridine rings is 1. The van der Waals surface area contributed by atoms with Crippen molar-refractivity contribution in [1.29, 1.82) is 0 Å². The molecule has 0 amide bonds. The SMILES string of the molecule is CCc1nc(CC(C)(C)C)c(CN)c(-c2ccc(C)cc2)c1CC(=O)OCc1oc(=O)oc1C. The average molecular weight is 467 g/mol. The maximum atomic E-state index is 12.9. The van der Waals surface area contributed by atoms with E-state index in [1.165, 1.54) is 0 Å². The predicted molar refractivity (Wildman–Crippen MR) is 130 cm³/mol. The van der Waals surface area contributed by atoms with Gasteiger partial charge < -0.3 is 19.3 Å². The van der Waals surface area contributed by atoms with E-state index in [1.807, 2.05) is 13.8 Å². The zero-order valence-electron chi connectivity index (χ0n) is 20.9. The molecule has 0 aliphatic carbocycles. The molecule has 0 radical (unpaired) electrons. The molecule has 7 heteroatoms. The smallest absolute Gasteiger partial charge is 0.457 e. The van der Waals surface area contributed by atoms with Gasteiger partial charge in [-0.05, 0) is 54.4 Å². The van der Waals surface area contributed by atoms with Gasteiger partial charge in [-0.1, -0.05) is 57.5 Å². The number of esters is 1. The Morgan fingerprint density at radius 3 is 2.26 bits per heavy atom. The summed E-state index contributed by atoms with van der Waals surface area (Å²) >= 11 is 0. The van der Waals surface area contributed by atoms with Crippen LogP contribution >= 0.6 is 0 Å². The number of carbonyl (C=O) groups is 1. The van der Waals surface area contributed by atoms with Crippen molar-refractivity contribution >= 4 is 5.97 Å². The Morgan fingerprint density at radius 1 is 1.06 bits per heavy atom. The quantitative estimate of drug-likeness (QED) is 0.475. The molecule has 0 aliphatic rings. The van der Waals surface area contributed by atoms with Gasteiger partial charge in [-0.2, -0.15) is 0 Å². The molecule has 7 nitrogen and oxygen atoms in total. The van der Waals surface area contributed by atoms with Crippen molar-refractivity contribution in [2.24, 2.45) is 11.1 Å². The molecule has 0 saturated carbocycles. The highest BCUT2D eigenvalue weighted by Gasteiger charge is 2.24. The fourth-order valence-electron chi connectivity index (χ4n) is 4.04. The minimum atomic E-state index is -0.815. The lowest BCUT2D eigenvalue weighted by molar-refractivity contribution is -0.144. The molecule has 182 valence electrons. The number of hydrogen-bond acceptors (Lipinski definition) is 7. The third-order valence-electron chi connectivity index (χ3n) is 5.67. The van der Waals surface area contributed by atoms with Crippen LogP contribution in [0.5, 0.6) is 0 Å². The summed E-state index contributed by atoms with van der Waals surface area (Å²) in [6.07, 6.45) is 1.47. The number of nitrogens with two attached hydrogens (primary N) is 1. The van der Waals surface area contributed by atoms with Crippen molar-refractivity contribution in [3.63, 3.8) is 0 Å². The van der Waals surface area contributed by atoms with Gasteiger partial charge >= 0.3 is 11.8 Å². The molecule has 0 saturated heterocycles. The summed E-state index contributed by atoms with van der Waals surface area (Å²) in [4.78, 5) is 29.1. The van der Waals surface area contributed by atoms with Crippen LogP contribution in [0.4, 0.5) is 0 Å². The zero-order chi connectivity index (χ0) is 25.0. The van der Waals surface area contributed by atoms with Crippen molar-refractivity contribution in [3.05, 3.63) is 74.5 Å². The molecular weight excluding hydrogens is 432 g/mol. The lowest BCUT2D eigenvalue weighted by Gasteiger charge is -2.25. The summed E-state index contributed by atoms with van der Waals surface area (Å²) in [5, 5.41) is 0. The predicted octanol–water partition coefficient (Wildman–Crippen LogP) is 4.81. The fraction of sp³-hybridized carbons (Fsp3) is 0.444. The fourth-order valence-corrected chi connectivity index (χ4v) is 4.04. The topological polar surface area (TPSA) is 109 Å². The summed E-state index contributed by atoms with van der Waals surface area (Å²) in [6.45, 7) is 12.3. The first kappa shape index (κ1) is 25.4. The number of benzene rings is 1. The van der Waals surface area contributed by atoms with Gasteiger partial charge in [-0.3, -0.25) is 9.78 Å². The molecule has 0 spiro atoms. The van der Waals surface area contributed by atoms with Crippen molar-refractivity contribution < 1.29 is 18.4 Å². The van der Waals surface area contributed by atoms with E-state index in [2.05, 4.69) is 45.0 Å². The van der Waals surface area contributed by atoms with Crippen LogP contribution in [0, 0.1) is 19.3 Å². The Labute approximate surface area is 200 Å². The van der Waals surface area contributed by atoms with E-state index in [1.54, 1.807) is 6.92 Å². The van der Waals surface area contributed by atoms with Crippen molar-refractivity contribution in [2.45, 2.75) is 74.0 Å². The van der Waals surface area contributed by atoms with Crippen LogP contribution in [-0.4, -0.2) is 11.0 Å². The first-order valence-corrected chi connectivity index (χ1v) is 11.6. The summed E-state index contributed by atoms with van der Waals surface area (Å²) in [6, 6.07) is 8.22. The minimum absolute atomic E-state index is 0.0271. The molecule has 0 fully saturated rings. The average Bonchev–Trinajstić information content (AvgIpc) is 3.09. The number of aryl methyl sites for hydroxylation is 3. The number of ether oxygens (including phenoxy) is 1. The van der Waals surface area contributed by atoms with Crippen LogP contribution in [0.2, 0.25) is 0 Å². The van der Waals surface area contributed by atoms with Crippen molar-refractivity contribution in [3.8, 4) is 11.1 Å². The van der Waals surface area contributed by atoms with E-state index < -0.39 is 11.8 Å². The van der Waals surface area contributed by atoms with Crippen LogP contribution in [-0.2, 0) is 41.9 Å². The van der Waals surface area contributed by atoms with Gasteiger partial charge in [0, 0.05) is 17.9 Å². The summed E-state index contributed by atoms with van der Waals surface area (Å²) < 4.78 is 15.2. The molecule has 0 atom stereocenters. The van der Waals surface area contributed by atoms with E-state index in [-0.39, 0.29) is 24.2 Å². The highest BCUT2D eigenvalue weighted by molar-refractivity contribution is 5.80. The summed E-state index contributed by atoms with van der Waals surface area (Å²) in [5.41, 5.74) is 13.0. The first-order chi connectivity index (χ1) is 16.0. The van der Waals surface area contributed by atoms with Crippen molar-refractivity contribution in [2.75, 3.05) is 0 Å². The summed E-state index contributed by atoms with van der Waals surface area (Å²) in [7, 11) is 0. The van der Waals surface area contributed by atoms with Crippen LogP contribution < -0.4 is 11.6 Å². The molecule has 0 bridgehead atoms. The van der Waals surface area contributed by atoms with Gasteiger partial charge in [0.15, 0.2) is 18.1 Å². The van der Waals surface area contributed by atoms with Gasteiger partial charge in [0.05, 0.1) is 6.42 Å². The monoisotopic (exact) mass is 466 g/mol. The molecule has 3 aromatic rings. The molecule has 3 rings (SSSR count).